The Morgan fingerprint density at radius 1 is 1.24 bits per heavy atom. The second-order valence-corrected chi connectivity index (χ2v) is 4.83. The fraction of sp³-hybridized carbons (Fsp3) is 0.571. The molecule has 17 heavy (non-hydrogen) atoms. The van der Waals surface area contributed by atoms with Crippen molar-refractivity contribution in [3.63, 3.8) is 0 Å². The third-order valence-electron chi connectivity index (χ3n) is 3.63. The minimum Gasteiger partial charge on any atom is -0.492 e. The van der Waals surface area contributed by atoms with Gasteiger partial charge in [0.2, 0.25) is 0 Å². The fourth-order valence-electron chi connectivity index (χ4n) is 2.78. The van der Waals surface area contributed by atoms with Crippen molar-refractivity contribution in [2.45, 2.75) is 37.5 Å². The van der Waals surface area contributed by atoms with E-state index < -0.39 is 0 Å². The summed E-state index contributed by atoms with van der Waals surface area (Å²) in [6.45, 7) is 1.62. The molecule has 1 aromatic carbocycles. The zero-order valence-corrected chi connectivity index (χ0v) is 9.97. The lowest BCUT2D eigenvalue weighted by Crippen LogP contribution is -2.39. The van der Waals surface area contributed by atoms with Crippen LogP contribution in [0.1, 0.15) is 19.3 Å². The quantitative estimate of drug-likeness (QED) is 0.789. The zero-order valence-electron chi connectivity index (χ0n) is 9.97. The number of para-hydroxylation sites is 1. The summed E-state index contributed by atoms with van der Waals surface area (Å²) in [5, 5.41) is 3.53. The molecule has 92 valence electrons. The van der Waals surface area contributed by atoms with Crippen LogP contribution >= 0.6 is 0 Å². The van der Waals surface area contributed by atoms with Crippen LogP contribution in [0.3, 0.4) is 0 Å². The topological polar surface area (TPSA) is 30.5 Å². The summed E-state index contributed by atoms with van der Waals surface area (Å²) in [6, 6.07) is 10.5. The van der Waals surface area contributed by atoms with Crippen molar-refractivity contribution in [1.82, 2.24) is 5.32 Å². The molecule has 0 amide bonds. The molecule has 0 radical (unpaired) electrons. The van der Waals surface area contributed by atoms with E-state index in [-0.39, 0.29) is 0 Å². The Labute approximate surface area is 102 Å². The highest BCUT2D eigenvalue weighted by atomic mass is 16.5. The Morgan fingerprint density at radius 2 is 2.12 bits per heavy atom. The summed E-state index contributed by atoms with van der Waals surface area (Å²) in [5.41, 5.74) is 0. The summed E-state index contributed by atoms with van der Waals surface area (Å²) in [6.07, 6.45) is 4.63. The van der Waals surface area contributed by atoms with E-state index in [9.17, 15) is 0 Å². The molecular formula is C14H19NO2. The molecule has 3 heteroatoms. The molecule has 1 aromatic rings. The lowest BCUT2D eigenvalue weighted by atomic mass is 9.95. The number of fused-ring (bicyclic) bond motifs is 2. The fourth-order valence-corrected chi connectivity index (χ4v) is 2.78. The summed E-state index contributed by atoms with van der Waals surface area (Å²) >= 11 is 0. The van der Waals surface area contributed by atoms with Crippen molar-refractivity contribution in [2.24, 2.45) is 0 Å². The van der Waals surface area contributed by atoms with E-state index in [2.05, 4.69) is 5.32 Å². The Kier molecular flexibility index (Phi) is 3.29. The van der Waals surface area contributed by atoms with E-state index >= 15 is 0 Å². The number of nitrogens with one attached hydrogen (secondary N) is 1. The number of rotatable bonds is 5. The number of hydrogen-bond acceptors (Lipinski definition) is 3. The number of benzene rings is 1. The van der Waals surface area contributed by atoms with Gasteiger partial charge in [0, 0.05) is 12.6 Å². The van der Waals surface area contributed by atoms with Crippen LogP contribution < -0.4 is 10.1 Å². The highest BCUT2D eigenvalue weighted by Gasteiger charge is 2.40. The van der Waals surface area contributed by atoms with Gasteiger partial charge in [0.15, 0.2) is 0 Å². The van der Waals surface area contributed by atoms with Crippen LogP contribution in [0.15, 0.2) is 30.3 Å². The predicted octanol–water partition coefficient (Wildman–Crippen LogP) is 1.97. The number of hydrogen-bond donors (Lipinski definition) is 1. The van der Waals surface area contributed by atoms with Crippen LogP contribution in [0.4, 0.5) is 0 Å². The van der Waals surface area contributed by atoms with E-state index in [1.165, 1.54) is 19.3 Å². The number of ether oxygens (including phenoxy) is 2. The molecule has 2 aliphatic heterocycles. The normalized spacial score (nSPS) is 30.7. The van der Waals surface area contributed by atoms with Crippen LogP contribution in [0.25, 0.3) is 0 Å². The minimum absolute atomic E-state index is 0.455. The standard InChI is InChI=1S/C14H19NO2/c1-2-4-11(5-3-1)16-9-8-15-13-10-12-6-7-14(13)17-12/h1-5,12-15H,6-10H2. The molecule has 2 heterocycles. The summed E-state index contributed by atoms with van der Waals surface area (Å²) in [7, 11) is 0. The maximum Gasteiger partial charge on any atom is 0.119 e. The van der Waals surface area contributed by atoms with E-state index in [1.807, 2.05) is 30.3 Å². The summed E-state index contributed by atoms with van der Waals surface area (Å²) < 4.78 is 11.4. The van der Waals surface area contributed by atoms with Crippen LogP contribution in [0.5, 0.6) is 5.75 Å². The van der Waals surface area contributed by atoms with Gasteiger partial charge in [-0.15, -0.1) is 0 Å². The van der Waals surface area contributed by atoms with Crippen molar-refractivity contribution in [2.75, 3.05) is 13.2 Å². The van der Waals surface area contributed by atoms with Gasteiger partial charge in [0.1, 0.15) is 12.4 Å². The SMILES string of the molecule is c1ccc(OCCNC2CC3CCC2O3)cc1. The molecule has 3 unspecified atom stereocenters. The maximum atomic E-state index is 5.80. The maximum absolute atomic E-state index is 5.80. The molecule has 0 spiro atoms. The molecule has 2 fully saturated rings. The first-order valence-corrected chi connectivity index (χ1v) is 6.48. The second-order valence-electron chi connectivity index (χ2n) is 4.83. The highest BCUT2D eigenvalue weighted by molar-refractivity contribution is 5.20. The third-order valence-corrected chi connectivity index (χ3v) is 3.63. The Morgan fingerprint density at radius 3 is 2.82 bits per heavy atom. The molecule has 3 rings (SSSR count). The molecule has 2 aliphatic rings. The molecule has 0 saturated carbocycles. The lowest BCUT2D eigenvalue weighted by molar-refractivity contribution is 0.0970. The van der Waals surface area contributed by atoms with Gasteiger partial charge < -0.3 is 14.8 Å². The van der Waals surface area contributed by atoms with E-state index in [0.717, 1.165) is 18.9 Å². The van der Waals surface area contributed by atoms with E-state index in [1.54, 1.807) is 0 Å². The van der Waals surface area contributed by atoms with Gasteiger partial charge in [-0.05, 0) is 31.4 Å². The molecular weight excluding hydrogens is 214 g/mol. The summed E-state index contributed by atoms with van der Waals surface area (Å²) in [5.74, 6) is 0.943. The van der Waals surface area contributed by atoms with Crippen LogP contribution in [0.2, 0.25) is 0 Å². The molecule has 2 saturated heterocycles. The van der Waals surface area contributed by atoms with Crippen LogP contribution in [-0.2, 0) is 4.74 Å². The van der Waals surface area contributed by atoms with Crippen molar-refractivity contribution < 1.29 is 9.47 Å². The van der Waals surface area contributed by atoms with Gasteiger partial charge in [-0.1, -0.05) is 18.2 Å². The monoisotopic (exact) mass is 233 g/mol. The van der Waals surface area contributed by atoms with Gasteiger partial charge in [-0.25, -0.2) is 0 Å². The second kappa shape index (κ2) is 5.07. The van der Waals surface area contributed by atoms with Gasteiger partial charge in [0.05, 0.1) is 12.2 Å². The molecule has 1 N–H and O–H groups in total. The van der Waals surface area contributed by atoms with Gasteiger partial charge >= 0.3 is 0 Å². The molecule has 0 aromatic heterocycles. The first-order chi connectivity index (χ1) is 8.42. The van der Waals surface area contributed by atoms with E-state index in [4.69, 9.17) is 9.47 Å². The van der Waals surface area contributed by atoms with Gasteiger partial charge in [-0.3, -0.25) is 0 Å². The Bertz CT molecular complexity index is 354. The molecule has 3 atom stereocenters. The average molecular weight is 233 g/mol. The van der Waals surface area contributed by atoms with Crippen LogP contribution in [-0.4, -0.2) is 31.4 Å². The molecule has 3 nitrogen and oxygen atoms in total. The lowest BCUT2D eigenvalue weighted by Gasteiger charge is -2.20. The largest absolute Gasteiger partial charge is 0.492 e. The van der Waals surface area contributed by atoms with E-state index in [0.29, 0.717) is 18.2 Å². The first kappa shape index (κ1) is 11.1. The van der Waals surface area contributed by atoms with Gasteiger partial charge in [0.25, 0.3) is 0 Å². The van der Waals surface area contributed by atoms with Crippen molar-refractivity contribution in [3.8, 4) is 5.75 Å². The van der Waals surface area contributed by atoms with Crippen molar-refractivity contribution >= 4 is 0 Å². The third kappa shape index (κ3) is 2.61. The highest BCUT2D eigenvalue weighted by Crippen LogP contribution is 2.34. The van der Waals surface area contributed by atoms with Crippen molar-refractivity contribution in [3.05, 3.63) is 30.3 Å². The van der Waals surface area contributed by atoms with Gasteiger partial charge in [-0.2, -0.15) is 0 Å². The predicted molar refractivity (Wildman–Crippen MR) is 66.2 cm³/mol. The Balaban J connectivity index is 1.36. The molecule has 2 bridgehead atoms. The minimum atomic E-state index is 0.455. The Hall–Kier alpha value is -1.06. The average Bonchev–Trinajstić information content (AvgIpc) is 2.98. The first-order valence-electron chi connectivity index (χ1n) is 6.48. The zero-order chi connectivity index (χ0) is 11.5. The molecule has 0 aliphatic carbocycles. The smallest absolute Gasteiger partial charge is 0.119 e. The van der Waals surface area contributed by atoms with Crippen molar-refractivity contribution in [1.29, 1.82) is 0 Å². The summed E-state index contributed by atoms with van der Waals surface area (Å²) in [4.78, 5) is 0. The van der Waals surface area contributed by atoms with Crippen LogP contribution in [0, 0.1) is 0 Å².